The van der Waals surface area contributed by atoms with Crippen LogP contribution in [0.3, 0.4) is 0 Å². The molecule has 0 bridgehead atoms. The Morgan fingerprint density at radius 3 is 2.15 bits per heavy atom. The van der Waals surface area contributed by atoms with Crippen molar-refractivity contribution in [2.45, 2.75) is 18.7 Å². The lowest BCUT2D eigenvalue weighted by Gasteiger charge is -2.11. The third-order valence-electron chi connectivity index (χ3n) is 3.94. The molecule has 0 unspecified atom stereocenters. The first-order chi connectivity index (χ1) is 12.8. The minimum atomic E-state index is -3.63. The monoisotopic (exact) mass is 392 g/mol. The molecular formula is C19H24N2O5S. The fraction of sp³-hybridized carbons (Fsp3) is 0.316. The third kappa shape index (κ3) is 5.45. The standard InChI is InChI=1S/C19H24N2O5S/c1-13-5-6-18(14(2)9-13)27(23,24)21-8-7-20-19(22)15-10-16(25-3)12-17(11-15)26-4/h5-6,9-12,21H,7-8H2,1-4H3,(H,20,22). The van der Waals surface area contributed by atoms with Crippen LogP contribution in [0.4, 0.5) is 0 Å². The summed E-state index contributed by atoms with van der Waals surface area (Å²) >= 11 is 0. The van der Waals surface area contributed by atoms with E-state index in [9.17, 15) is 13.2 Å². The minimum absolute atomic E-state index is 0.0719. The van der Waals surface area contributed by atoms with Crippen molar-refractivity contribution in [2.24, 2.45) is 0 Å². The summed E-state index contributed by atoms with van der Waals surface area (Å²) in [6.07, 6.45) is 0. The number of hydrogen-bond acceptors (Lipinski definition) is 5. The highest BCUT2D eigenvalue weighted by atomic mass is 32.2. The number of aryl methyl sites for hydroxylation is 2. The van der Waals surface area contributed by atoms with Gasteiger partial charge in [-0.1, -0.05) is 17.7 Å². The first kappa shape index (κ1) is 20.7. The molecule has 0 radical (unpaired) electrons. The Morgan fingerprint density at radius 1 is 0.963 bits per heavy atom. The lowest BCUT2D eigenvalue weighted by molar-refractivity contribution is 0.0953. The van der Waals surface area contributed by atoms with Crippen LogP contribution in [0.1, 0.15) is 21.5 Å². The average molecular weight is 392 g/mol. The lowest BCUT2D eigenvalue weighted by atomic mass is 10.2. The molecule has 0 aliphatic rings. The molecule has 0 heterocycles. The topological polar surface area (TPSA) is 93.7 Å². The molecule has 0 aromatic heterocycles. The molecule has 0 atom stereocenters. The van der Waals surface area contributed by atoms with Crippen LogP contribution >= 0.6 is 0 Å². The van der Waals surface area contributed by atoms with Gasteiger partial charge in [0.1, 0.15) is 11.5 Å². The van der Waals surface area contributed by atoms with Gasteiger partial charge in [-0.2, -0.15) is 0 Å². The van der Waals surface area contributed by atoms with Crippen molar-refractivity contribution in [3.05, 3.63) is 53.1 Å². The van der Waals surface area contributed by atoms with Gasteiger partial charge in [-0.15, -0.1) is 0 Å². The van der Waals surface area contributed by atoms with Crippen molar-refractivity contribution in [3.8, 4) is 11.5 Å². The highest BCUT2D eigenvalue weighted by Gasteiger charge is 2.16. The number of carbonyl (C=O) groups excluding carboxylic acids is 1. The van der Waals surface area contributed by atoms with E-state index in [1.807, 2.05) is 13.0 Å². The van der Waals surface area contributed by atoms with Crippen LogP contribution in [0.2, 0.25) is 0 Å². The van der Waals surface area contributed by atoms with Gasteiger partial charge in [0.05, 0.1) is 19.1 Å². The number of amides is 1. The summed E-state index contributed by atoms with van der Waals surface area (Å²) in [5.74, 6) is 0.642. The Bertz CT molecular complexity index is 903. The Morgan fingerprint density at radius 2 is 1.59 bits per heavy atom. The highest BCUT2D eigenvalue weighted by Crippen LogP contribution is 2.22. The number of sulfonamides is 1. The summed E-state index contributed by atoms with van der Waals surface area (Å²) in [6, 6.07) is 9.96. The van der Waals surface area contributed by atoms with Gasteiger partial charge >= 0.3 is 0 Å². The number of nitrogens with one attached hydrogen (secondary N) is 2. The van der Waals surface area contributed by atoms with Crippen molar-refractivity contribution in [3.63, 3.8) is 0 Å². The summed E-state index contributed by atoms with van der Waals surface area (Å²) in [4.78, 5) is 12.5. The lowest BCUT2D eigenvalue weighted by Crippen LogP contribution is -2.35. The van der Waals surface area contributed by atoms with Gasteiger partial charge in [-0.05, 0) is 37.6 Å². The summed E-state index contributed by atoms with van der Waals surface area (Å²) in [5.41, 5.74) is 2.03. The summed E-state index contributed by atoms with van der Waals surface area (Å²) in [6.45, 7) is 3.87. The summed E-state index contributed by atoms with van der Waals surface area (Å²) < 4.78 is 37.5. The van der Waals surface area contributed by atoms with E-state index in [0.29, 0.717) is 22.6 Å². The maximum Gasteiger partial charge on any atom is 0.251 e. The van der Waals surface area contributed by atoms with Crippen LogP contribution in [-0.2, 0) is 10.0 Å². The molecule has 1 amide bonds. The number of ether oxygens (including phenoxy) is 2. The largest absolute Gasteiger partial charge is 0.497 e. The molecule has 2 rings (SSSR count). The second-order valence-corrected chi connectivity index (χ2v) is 7.76. The Labute approximate surface area is 159 Å². The van der Waals surface area contributed by atoms with E-state index in [2.05, 4.69) is 10.0 Å². The fourth-order valence-electron chi connectivity index (χ4n) is 2.58. The fourth-order valence-corrected chi connectivity index (χ4v) is 3.84. The van der Waals surface area contributed by atoms with Crippen LogP contribution in [0.5, 0.6) is 11.5 Å². The van der Waals surface area contributed by atoms with E-state index in [4.69, 9.17) is 9.47 Å². The first-order valence-corrected chi connectivity index (χ1v) is 9.83. The van der Waals surface area contributed by atoms with E-state index in [1.54, 1.807) is 37.3 Å². The van der Waals surface area contributed by atoms with Crippen LogP contribution in [0.25, 0.3) is 0 Å². The second kappa shape index (κ2) is 8.88. The highest BCUT2D eigenvalue weighted by molar-refractivity contribution is 7.89. The Kier molecular flexibility index (Phi) is 6.81. The quantitative estimate of drug-likeness (QED) is 0.671. The molecule has 7 nitrogen and oxygen atoms in total. The second-order valence-electron chi connectivity index (χ2n) is 6.02. The number of carbonyl (C=O) groups is 1. The van der Waals surface area contributed by atoms with E-state index >= 15 is 0 Å². The molecule has 0 spiro atoms. The first-order valence-electron chi connectivity index (χ1n) is 8.35. The van der Waals surface area contributed by atoms with Gasteiger partial charge in [0.15, 0.2) is 0 Å². The summed E-state index contributed by atoms with van der Waals surface area (Å²) in [7, 11) is -0.636. The molecule has 2 aromatic carbocycles. The third-order valence-corrected chi connectivity index (χ3v) is 5.56. The molecule has 8 heteroatoms. The molecule has 2 N–H and O–H groups in total. The number of rotatable bonds is 8. The van der Waals surface area contributed by atoms with Crippen molar-refractivity contribution in [2.75, 3.05) is 27.3 Å². The maximum atomic E-state index is 12.4. The molecule has 0 fully saturated rings. The van der Waals surface area contributed by atoms with Crippen LogP contribution < -0.4 is 19.5 Å². The molecule has 0 aliphatic heterocycles. The van der Waals surface area contributed by atoms with E-state index in [0.717, 1.165) is 5.56 Å². The zero-order chi connectivity index (χ0) is 20.0. The van der Waals surface area contributed by atoms with Crippen molar-refractivity contribution >= 4 is 15.9 Å². The average Bonchev–Trinajstić information content (AvgIpc) is 2.64. The van der Waals surface area contributed by atoms with Gasteiger partial charge in [0.25, 0.3) is 5.91 Å². The van der Waals surface area contributed by atoms with Gasteiger partial charge in [0, 0.05) is 24.7 Å². The molecule has 0 aliphatic carbocycles. The van der Waals surface area contributed by atoms with Crippen molar-refractivity contribution in [1.29, 1.82) is 0 Å². The van der Waals surface area contributed by atoms with Crippen molar-refractivity contribution in [1.82, 2.24) is 10.0 Å². The van der Waals surface area contributed by atoms with Gasteiger partial charge in [0.2, 0.25) is 10.0 Å². The number of hydrogen-bond donors (Lipinski definition) is 2. The Hall–Kier alpha value is -2.58. The minimum Gasteiger partial charge on any atom is -0.497 e. The molecule has 0 saturated carbocycles. The van der Waals surface area contributed by atoms with Crippen LogP contribution in [0.15, 0.2) is 41.3 Å². The number of methoxy groups -OCH3 is 2. The molecule has 0 saturated heterocycles. The predicted octanol–water partition coefficient (Wildman–Crippen LogP) is 2.03. The van der Waals surface area contributed by atoms with Gasteiger partial charge < -0.3 is 14.8 Å². The predicted molar refractivity (Wildman–Crippen MR) is 103 cm³/mol. The van der Waals surface area contributed by atoms with E-state index in [1.165, 1.54) is 14.2 Å². The zero-order valence-corrected chi connectivity index (χ0v) is 16.6. The van der Waals surface area contributed by atoms with Crippen molar-refractivity contribution < 1.29 is 22.7 Å². The normalized spacial score (nSPS) is 11.1. The maximum absolute atomic E-state index is 12.4. The zero-order valence-electron chi connectivity index (χ0n) is 15.8. The number of benzene rings is 2. The SMILES string of the molecule is COc1cc(OC)cc(C(=O)NCCNS(=O)(=O)c2ccc(C)cc2C)c1. The smallest absolute Gasteiger partial charge is 0.251 e. The van der Waals surface area contributed by atoms with E-state index in [-0.39, 0.29) is 23.9 Å². The Balaban J connectivity index is 1.95. The van der Waals surface area contributed by atoms with Crippen LogP contribution in [0, 0.1) is 13.8 Å². The molecular weight excluding hydrogens is 368 g/mol. The van der Waals surface area contributed by atoms with Gasteiger partial charge in [-0.25, -0.2) is 13.1 Å². The summed E-state index contributed by atoms with van der Waals surface area (Å²) in [5, 5.41) is 2.67. The van der Waals surface area contributed by atoms with Crippen LogP contribution in [-0.4, -0.2) is 41.6 Å². The van der Waals surface area contributed by atoms with Gasteiger partial charge in [-0.3, -0.25) is 4.79 Å². The molecule has 27 heavy (non-hydrogen) atoms. The van der Waals surface area contributed by atoms with E-state index < -0.39 is 10.0 Å². The molecule has 146 valence electrons. The molecule has 2 aromatic rings.